The highest BCUT2D eigenvalue weighted by molar-refractivity contribution is 5.90. The van der Waals surface area contributed by atoms with Crippen LogP contribution < -0.4 is 10.6 Å². The lowest BCUT2D eigenvalue weighted by Gasteiger charge is -2.08. The van der Waals surface area contributed by atoms with E-state index in [-0.39, 0.29) is 6.03 Å². The number of nitrogens with zero attached hydrogens (tertiary/aromatic N) is 1. The van der Waals surface area contributed by atoms with Gasteiger partial charge in [0, 0.05) is 17.8 Å². The van der Waals surface area contributed by atoms with Crippen molar-refractivity contribution in [3.63, 3.8) is 0 Å². The van der Waals surface area contributed by atoms with Gasteiger partial charge < -0.3 is 15.6 Å². The number of urea groups is 1. The van der Waals surface area contributed by atoms with E-state index in [2.05, 4.69) is 32.7 Å². The number of rotatable bonds is 5. The van der Waals surface area contributed by atoms with Gasteiger partial charge in [0.25, 0.3) is 0 Å². The summed E-state index contributed by atoms with van der Waals surface area (Å²) in [6.45, 7) is 0.582. The minimum atomic E-state index is -0.215. The number of benzene rings is 3. The molecule has 134 valence electrons. The van der Waals surface area contributed by atoms with E-state index in [9.17, 15) is 4.79 Å². The summed E-state index contributed by atoms with van der Waals surface area (Å²) in [5.41, 5.74) is 4.76. The lowest BCUT2D eigenvalue weighted by Crippen LogP contribution is -2.30. The van der Waals surface area contributed by atoms with Crippen LogP contribution >= 0.6 is 0 Å². The first kappa shape index (κ1) is 16.8. The largest absolute Gasteiger partial charge is 0.338 e. The van der Waals surface area contributed by atoms with E-state index in [0.717, 1.165) is 34.5 Å². The van der Waals surface area contributed by atoms with E-state index in [0.29, 0.717) is 6.54 Å². The molecule has 0 bridgehead atoms. The number of amides is 2. The molecule has 0 spiro atoms. The van der Waals surface area contributed by atoms with Crippen LogP contribution in [0.2, 0.25) is 0 Å². The van der Waals surface area contributed by atoms with Crippen molar-refractivity contribution in [2.75, 3.05) is 11.9 Å². The van der Waals surface area contributed by atoms with E-state index < -0.39 is 0 Å². The van der Waals surface area contributed by atoms with Gasteiger partial charge in [-0.25, -0.2) is 9.78 Å². The average Bonchev–Trinajstić information content (AvgIpc) is 3.13. The number of H-pyrrole nitrogens is 1. The molecule has 0 atom stereocenters. The molecule has 2 amide bonds. The van der Waals surface area contributed by atoms with Crippen LogP contribution in [0, 0.1) is 0 Å². The predicted octanol–water partition coefficient (Wildman–Crippen LogP) is 4.59. The van der Waals surface area contributed by atoms with Gasteiger partial charge in [-0.05, 0) is 36.2 Å². The van der Waals surface area contributed by atoms with Crippen LogP contribution in [-0.2, 0) is 6.42 Å². The fourth-order valence-corrected chi connectivity index (χ4v) is 2.97. The van der Waals surface area contributed by atoms with Crippen molar-refractivity contribution in [3.8, 4) is 11.4 Å². The van der Waals surface area contributed by atoms with E-state index in [1.165, 1.54) is 5.56 Å². The number of para-hydroxylation sites is 2. The molecule has 3 aromatic carbocycles. The molecule has 0 saturated carbocycles. The normalized spacial score (nSPS) is 10.7. The molecule has 3 N–H and O–H groups in total. The number of anilines is 1. The zero-order chi connectivity index (χ0) is 18.5. The van der Waals surface area contributed by atoms with Crippen LogP contribution in [0.5, 0.6) is 0 Å². The minimum Gasteiger partial charge on any atom is -0.338 e. The Morgan fingerprint density at radius 2 is 1.74 bits per heavy atom. The summed E-state index contributed by atoms with van der Waals surface area (Å²) in [5.74, 6) is 0.782. The quantitative estimate of drug-likeness (QED) is 0.489. The molecule has 0 saturated heterocycles. The van der Waals surface area contributed by atoms with Crippen molar-refractivity contribution in [1.29, 1.82) is 0 Å². The summed E-state index contributed by atoms with van der Waals surface area (Å²) in [6, 6.07) is 25.4. The number of hydrogen-bond donors (Lipinski definition) is 3. The van der Waals surface area contributed by atoms with Crippen LogP contribution in [0.1, 0.15) is 5.56 Å². The molecule has 4 rings (SSSR count). The molecule has 27 heavy (non-hydrogen) atoms. The highest BCUT2D eigenvalue weighted by atomic mass is 16.2. The maximum atomic E-state index is 12.1. The van der Waals surface area contributed by atoms with Crippen LogP contribution in [0.15, 0.2) is 78.9 Å². The van der Waals surface area contributed by atoms with Crippen molar-refractivity contribution in [2.45, 2.75) is 6.42 Å². The Bertz CT molecular complexity index is 1020. The molecule has 4 aromatic rings. The van der Waals surface area contributed by atoms with E-state index in [4.69, 9.17) is 0 Å². The van der Waals surface area contributed by atoms with Gasteiger partial charge in [-0.15, -0.1) is 0 Å². The summed E-state index contributed by atoms with van der Waals surface area (Å²) in [6.07, 6.45) is 0.799. The number of carbonyl (C=O) groups excluding carboxylic acids is 1. The molecule has 0 aliphatic rings. The molecule has 0 fully saturated rings. The van der Waals surface area contributed by atoms with E-state index >= 15 is 0 Å². The molecule has 0 radical (unpaired) electrons. The lowest BCUT2D eigenvalue weighted by atomic mass is 10.1. The zero-order valence-corrected chi connectivity index (χ0v) is 14.8. The van der Waals surface area contributed by atoms with Crippen molar-refractivity contribution in [1.82, 2.24) is 15.3 Å². The molecule has 5 nitrogen and oxygen atoms in total. The van der Waals surface area contributed by atoms with Gasteiger partial charge >= 0.3 is 6.03 Å². The second-order valence-corrected chi connectivity index (χ2v) is 6.30. The number of fused-ring (bicyclic) bond motifs is 1. The lowest BCUT2D eigenvalue weighted by molar-refractivity contribution is 0.252. The molecule has 0 unspecified atom stereocenters. The van der Waals surface area contributed by atoms with Crippen LogP contribution in [0.25, 0.3) is 22.4 Å². The third-order valence-corrected chi connectivity index (χ3v) is 4.33. The zero-order valence-electron chi connectivity index (χ0n) is 14.8. The maximum absolute atomic E-state index is 12.1. The Hall–Kier alpha value is -3.60. The topological polar surface area (TPSA) is 69.8 Å². The molecular formula is C22H20N4O. The standard InChI is InChI=1S/C22H20N4O/c27-22(23-14-13-16-7-2-1-3-8-16)24-18-10-6-9-17(15-18)21-25-19-11-4-5-12-20(19)26-21/h1-12,15H,13-14H2,(H,25,26)(H2,23,24,27). The monoisotopic (exact) mass is 356 g/mol. The minimum absolute atomic E-state index is 0.215. The van der Waals surface area contributed by atoms with Crippen LogP contribution in [-0.4, -0.2) is 22.5 Å². The van der Waals surface area contributed by atoms with Gasteiger partial charge in [-0.1, -0.05) is 54.6 Å². The van der Waals surface area contributed by atoms with Gasteiger partial charge in [0.15, 0.2) is 0 Å². The first-order chi connectivity index (χ1) is 13.3. The number of aromatic amines is 1. The fraction of sp³-hybridized carbons (Fsp3) is 0.0909. The Morgan fingerprint density at radius 1 is 0.926 bits per heavy atom. The van der Waals surface area contributed by atoms with Crippen molar-refractivity contribution >= 4 is 22.8 Å². The molecule has 0 aliphatic carbocycles. The Labute approximate surface area is 157 Å². The third-order valence-electron chi connectivity index (χ3n) is 4.33. The SMILES string of the molecule is O=C(NCCc1ccccc1)Nc1cccc(-c2nc3ccccc3[nH]2)c1. The fourth-order valence-electron chi connectivity index (χ4n) is 2.97. The number of hydrogen-bond acceptors (Lipinski definition) is 2. The van der Waals surface area contributed by atoms with Crippen LogP contribution in [0.3, 0.4) is 0 Å². The van der Waals surface area contributed by atoms with Crippen molar-refractivity contribution < 1.29 is 4.79 Å². The van der Waals surface area contributed by atoms with Gasteiger partial charge in [0.2, 0.25) is 0 Å². The second kappa shape index (κ2) is 7.74. The van der Waals surface area contributed by atoms with Gasteiger partial charge in [-0.3, -0.25) is 0 Å². The number of carbonyl (C=O) groups is 1. The average molecular weight is 356 g/mol. The first-order valence-electron chi connectivity index (χ1n) is 8.92. The van der Waals surface area contributed by atoms with Crippen LogP contribution in [0.4, 0.5) is 10.5 Å². The van der Waals surface area contributed by atoms with E-state index in [1.807, 2.05) is 66.7 Å². The number of nitrogens with one attached hydrogen (secondary N) is 3. The highest BCUT2D eigenvalue weighted by Gasteiger charge is 2.07. The summed E-state index contributed by atoms with van der Waals surface area (Å²) in [5, 5.41) is 5.77. The summed E-state index contributed by atoms with van der Waals surface area (Å²) in [7, 11) is 0. The number of imidazole rings is 1. The number of aromatic nitrogens is 2. The Balaban J connectivity index is 1.39. The second-order valence-electron chi connectivity index (χ2n) is 6.30. The van der Waals surface area contributed by atoms with Crippen molar-refractivity contribution in [2.24, 2.45) is 0 Å². The molecule has 0 aliphatic heterocycles. The van der Waals surface area contributed by atoms with Gasteiger partial charge in [-0.2, -0.15) is 0 Å². The molecule has 1 heterocycles. The maximum Gasteiger partial charge on any atom is 0.319 e. The Kier molecular flexibility index (Phi) is 4.83. The molecule has 5 heteroatoms. The predicted molar refractivity (Wildman–Crippen MR) is 109 cm³/mol. The van der Waals surface area contributed by atoms with Gasteiger partial charge in [0.1, 0.15) is 5.82 Å². The third kappa shape index (κ3) is 4.15. The highest BCUT2D eigenvalue weighted by Crippen LogP contribution is 2.22. The van der Waals surface area contributed by atoms with Gasteiger partial charge in [0.05, 0.1) is 11.0 Å². The summed E-state index contributed by atoms with van der Waals surface area (Å²) >= 11 is 0. The smallest absolute Gasteiger partial charge is 0.319 e. The Morgan fingerprint density at radius 3 is 2.59 bits per heavy atom. The summed E-state index contributed by atoms with van der Waals surface area (Å²) in [4.78, 5) is 20.1. The summed E-state index contributed by atoms with van der Waals surface area (Å²) < 4.78 is 0. The molecular weight excluding hydrogens is 336 g/mol. The van der Waals surface area contributed by atoms with Crippen molar-refractivity contribution in [3.05, 3.63) is 84.4 Å². The molecule has 1 aromatic heterocycles. The van der Waals surface area contributed by atoms with E-state index in [1.54, 1.807) is 0 Å². The first-order valence-corrected chi connectivity index (χ1v) is 8.92.